The Morgan fingerprint density at radius 1 is 1.15 bits per heavy atom. The Morgan fingerprint density at radius 2 is 1.95 bits per heavy atom. The van der Waals surface area contributed by atoms with E-state index in [1.165, 1.54) is 0 Å². The molecule has 0 saturated heterocycles. The van der Waals surface area contributed by atoms with Crippen molar-refractivity contribution in [1.29, 1.82) is 0 Å². The molecule has 0 aliphatic carbocycles. The molecule has 0 heterocycles. The minimum atomic E-state index is 0.109. The molecule has 2 aromatic rings. The van der Waals surface area contributed by atoms with Crippen molar-refractivity contribution in [2.24, 2.45) is 10.9 Å². The van der Waals surface area contributed by atoms with Gasteiger partial charge in [0.2, 0.25) is 0 Å². The van der Waals surface area contributed by atoms with Gasteiger partial charge >= 0.3 is 0 Å². The maximum Gasteiger partial charge on any atom is 0.170 e. The highest BCUT2D eigenvalue weighted by Gasteiger charge is 2.02. The fourth-order valence-corrected chi connectivity index (χ4v) is 2.08. The molecule has 0 radical (unpaired) electrons. The average Bonchev–Trinajstić information content (AvgIpc) is 2.49. The summed E-state index contributed by atoms with van der Waals surface area (Å²) in [4.78, 5) is 0. The number of oxime groups is 1. The van der Waals surface area contributed by atoms with Crippen molar-refractivity contribution in [2.75, 3.05) is 0 Å². The van der Waals surface area contributed by atoms with Gasteiger partial charge in [-0.25, -0.2) is 0 Å². The van der Waals surface area contributed by atoms with Gasteiger partial charge in [0.25, 0.3) is 0 Å². The molecule has 4 nitrogen and oxygen atoms in total. The number of nitrogens with two attached hydrogens (primary N) is 1. The third-order valence-electron chi connectivity index (χ3n) is 2.93. The van der Waals surface area contributed by atoms with Crippen LogP contribution in [0.3, 0.4) is 0 Å². The van der Waals surface area contributed by atoms with E-state index in [0.717, 1.165) is 16.1 Å². The van der Waals surface area contributed by atoms with Crippen LogP contribution in [0, 0.1) is 0 Å². The fraction of sp³-hybridized carbons (Fsp3) is 0.133. The molecular formula is C15H16ClN3O. The van der Waals surface area contributed by atoms with Crippen LogP contribution >= 0.6 is 11.6 Å². The van der Waals surface area contributed by atoms with Crippen molar-refractivity contribution in [1.82, 2.24) is 5.32 Å². The van der Waals surface area contributed by atoms with Gasteiger partial charge in [0.15, 0.2) is 5.84 Å². The summed E-state index contributed by atoms with van der Waals surface area (Å²) >= 11 is 6.09. The second-order valence-electron chi connectivity index (χ2n) is 4.38. The van der Waals surface area contributed by atoms with Gasteiger partial charge < -0.3 is 16.3 Å². The van der Waals surface area contributed by atoms with E-state index in [1.807, 2.05) is 42.5 Å². The van der Waals surface area contributed by atoms with E-state index in [4.69, 9.17) is 22.5 Å². The summed E-state index contributed by atoms with van der Waals surface area (Å²) in [5.41, 5.74) is 8.38. The molecule has 104 valence electrons. The minimum absolute atomic E-state index is 0.109. The number of hydrogen-bond acceptors (Lipinski definition) is 3. The second-order valence-corrected chi connectivity index (χ2v) is 4.79. The van der Waals surface area contributed by atoms with E-state index in [9.17, 15) is 0 Å². The molecule has 0 spiro atoms. The summed E-state index contributed by atoms with van der Waals surface area (Å²) in [7, 11) is 0. The zero-order chi connectivity index (χ0) is 14.4. The maximum atomic E-state index is 8.67. The monoisotopic (exact) mass is 289 g/mol. The zero-order valence-electron chi connectivity index (χ0n) is 10.9. The van der Waals surface area contributed by atoms with E-state index >= 15 is 0 Å². The Hall–Kier alpha value is -2.04. The van der Waals surface area contributed by atoms with Crippen LogP contribution in [0.4, 0.5) is 0 Å². The van der Waals surface area contributed by atoms with Gasteiger partial charge in [0.1, 0.15) is 0 Å². The first-order valence-corrected chi connectivity index (χ1v) is 6.59. The van der Waals surface area contributed by atoms with Crippen molar-refractivity contribution >= 4 is 17.4 Å². The summed E-state index contributed by atoms with van der Waals surface area (Å²) in [5, 5.41) is 15.7. The van der Waals surface area contributed by atoms with Gasteiger partial charge in [-0.3, -0.25) is 0 Å². The topological polar surface area (TPSA) is 70.6 Å². The molecule has 0 atom stereocenters. The van der Waals surface area contributed by atoms with Crippen LogP contribution in [0.25, 0.3) is 0 Å². The fourth-order valence-electron chi connectivity index (χ4n) is 1.88. The second kappa shape index (κ2) is 6.93. The van der Waals surface area contributed by atoms with Gasteiger partial charge in [0, 0.05) is 23.7 Å². The summed E-state index contributed by atoms with van der Waals surface area (Å²) in [6, 6.07) is 15.3. The first-order chi connectivity index (χ1) is 9.70. The van der Waals surface area contributed by atoms with Gasteiger partial charge in [-0.15, -0.1) is 0 Å². The molecule has 0 saturated carbocycles. The molecule has 0 aliphatic heterocycles. The Balaban J connectivity index is 1.96. The van der Waals surface area contributed by atoms with E-state index in [-0.39, 0.29) is 5.84 Å². The van der Waals surface area contributed by atoms with Crippen molar-refractivity contribution < 1.29 is 5.21 Å². The first kappa shape index (κ1) is 14.4. The van der Waals surface area contributed by atoms with Gasteiger partial charge in [-0.05, 0) is 23.3 Å². The lowest BCUT2D eigenvalue weighted by Gasteiger charge is -2.08. The smallest absolute Gasteiger partial charge is 0.170 e. The summed E-state index contributed by atoms with van der Waals surface area (Å²) < 4.78 is 0. The molecule has 0 unspecified atom stereocenters. The number of hydrogen-bond donors (Lipinski definition) is 3. The van der Waals surface area contributed by atoms with Crippen molar-refractivity contribution in [3.63, 3.8) is 0 Å². The number of nitrogens with zero attached hydrogens (tertiary/aromatic N) is 1. The first-order valence-electron chi connectivity index (χ1n) is 6.21. The molecule has 20 heavy (non-hydrogen) atoms. The molecule has 0 bridgehead atoms. The van der Waals surface area contributed by atoms with Gasteiger partial charge in [0.05, 0.1) is 0 Å². The molecule has 0 aliphatic rings. The largest absolute Gasteiger partial charge is 0.409 e. The van der Waals surface area contributed by atoms with E-state index in [0.29, 0.717) is 18.7 Å². The molecule has 0 fully saturated rings. The molecule has 0 aromatic heterocycles. The van der Waals surface area contributed by atoms with Crippen molar-refractivity contribution in [2.45, 2.75) is 13.1 Å². The predicted molar refractivity (Wildman–Crippen MR) is 80.9 cm³/mol. The Labute approximate surface area is 122 Å². The quantitative estimate of drug-likeness (QED) is 0.343. The zero-order valence-corrected chi connectivity index (χ0v) is 11.6. The van der Waals surface area contributed by atoms with Crippen LogP contribution in [0.1, 0.15) is 16.7 Å². The highest BCUT2D eigenvalue weighted by molar-refractivity contribution is 6.31. The Kier molecular flexibility index (Phi) is 4.98. The molecule has 4 N–H and O–H groups in total. The Bertz CT molecular complexity index is 614. The van der Waals surface area contributed by atoms with Crippen LogP contribution in [0.15, 0.2) is 53.7 Å². The lowest BCUT2D eigenvalue weighted by Crippen LogP contribution is -2.15. The van der Waals surface area contributed by atoms with E-state index < -0.39 is 0 Å². The van der Waals surface area contributed by atoms with Crippen LogP contribution in [0.2, 0.25) is 5.02 Å². The highest BCUT2D eigenvalue weighted by Crippen LogP contribution is 2.14. The summed E-state index contributed by atoms with van der Waals surface area (Å²) in [6.07, 6.45) is 0. The van der Waals surface area contributed by atoms with Crippen molar-refractivity contribution in [3.8, 4) is 0 Å². The third-order valence-corrected chi connectivity index (χ3v) is 3.30. The number of benzene rings is 2. The van der Waals surface area contributed by atoms with Crippen molar-refractivity contribution in [3.05, 3.63) is 70.2 Å². The predicted octanol–water partition coefficient (Wildman–Crippen LogP) is 2.72. The number of rotatable bonds is 5. The maximum absolute atomic E-state index is 8.67. The number of halogens is 1. The summed E-state index contributed by atoms with van der Waals surface area (Å²) in [6.45, 7) is 1.37. The molecule has 2 aromatic carbocycles. The number of nitrogens with one attached hydrogen (secondary N) is 1. The Morgan fingerprint density at radius 3 is 2.70 bits per heavy atom. The van der Waals surface area contributed by atoms with E-state index in [2.05, 4.69) is 10.5 Å². The normalized spacial score (nSPS) is 11.6. The van der Waals surface area contributed by atoms with E-state index in [1.54, 1.807) is 6.07 Å². The van der Waals surface area contributed by atoms with Crippen LogP contribution in [-0.2, 0) is 13.1 Å². The molecule has 5 heteroatoms. The highest BCUT2D eigenvalue weighted by atomic mass is 35.5. The lowest BCUT2D eigenvalue weighted by atomic mass is 10.1. The molecular weight excluding hydrogens is 274 g/mol. The van der Waals surface area contributed by atoms with Gasteiger partial charge in [-0.1, -0.05) is 53.2 Å². The third kappa shape index (κ3) is 3.73. The van der Waals surface area contributed by atoms with Crippen LogP contribution < -0.4 is 11.1 Å². The average molecular weight is 290 g/mol. The number of amidine groups is 1. The standard InChI is InChI=1S/C15H16ClN3O/c16-14-7-2-1-5-13(14)10-18-9-11-4-3-6-12(8-11)15(17)19-20/h1-8,18,20H,9-10H2,(H2,17,19). The molecule has 0 amide bonds. The van der Waals surface area contributed by atoms with Crippen LogP contribution in [0.5, 0.6) is 0 Å². The summed E-state index contributed by atoms with van der Waals surface area (Å²) in [5.74, 6) is 0.109. The van der Waals surface area contributed by atoms with Crippen LogP contribution in [-0.4, -0.2) is 11.0 Å². The minimum Gasteiger partial charge on any atom is -0.409 e. The van der Waals surface area contributed by atoms with Gasteiger partial charge in [-0.2, -0.15) is 0 Å². The lowest BCUT2D eigenvalue weighted by molar-refractivity contribution is 0.318. The molecule has 2 rings (SSSR count). The SMILES string of the molecule is NC(=NO)c1cccc(CNCc2ccccc2Cl)c1.